The number of hydrogen-bond acceptors (Lipinski definition) is 5. The third-order valence-corrected chi connectivity index (χ3v) is 4.91. The van der Waals surface area contributed by atoms with Gasteiger partial charge in [-0.15, -0.1) is 0 Å². The van der Waals surface area contributed by atoms with E-state index in [-0.39, 0.29) is 23.8 Å². The van der Waals surface area contributed by atoms with Crippen molar-refractivity contribution in [2.45, 2.75) is 44.7 Å². The van der Waals surface area contributed by atoms with Crippen LogP contribution < -0.4 is 10.6 Å². The lowest BCUT2D eigenvalue weighted by Gasteiger charge is -2.33. The summed E-state index contributed by atoms with van der Waals surface area (Å²) < 4.78 is 14.4. The molecule has 0 radical (unpaired) electrons. The monoisotopic (exact) mass is 368 g/mol. The molecule has 3 N–H and O–H groups in total. The fourth-order valence-corrected chi connectivity index (χ4v) is 3.65. The molecule has 1 saturated carbocycles. The summed E-state index contributed by atoms with van der Waals surface area (Å²) in [6.07, 6.45) is 8.44. The van der Waals surface area contributed by atoms with Gasteiger partial charge in [0.2, 0.25) is 5.91 Å². The normalized spacial score (nSPS) is 19.8. The summed E-state index contributed by atoms with van der Waals surface area (Å²) in [5.41, 5.74) is 1.50. The van der Waals surface area contributed by atoms with Crippen LogP contribution >= 0.6 is 0 Å². The first-order chi connectivity index (χ1) is 13.1. The van der Waals surface area contributed by atoms with Crippen molar-refractivity contribution < 1.29 is 9.18 Å². The Labute approximate surface area is 155 Å². The highest BCUT2D eigenvalue weighted by Gasteiger charge is 2.27. The van der Waals surface area contributed by atoms with Crippen LogP contribution in [0.25, 0.3) is 22.4 Å². The lowest BCUT2D eigenvalue weighted by Crippen LogP contribution is -2.48. The van der Waals surface area contributed by atoms with Crippen LogP contribution in [0, 0.1) is 5.82 Å². The Morgan fingerprint density at radius 2 is 2.07 bits per heavy atom. The minimum Gasteiger partial charge on any atom is -0.363 e. The Balaban J connectivity index is 1.63. The van der Waals surface area contributed by atoms with Crippen LogP contribution in [0.3, 0.4) is 0 Å². The highest BCUT2D eigenvalue weighted by atomic mass is 19.1. The van der Waals surface area contributed by atoms with Gasteiger partial charge in [-0.2, -0.15) is 0 Å². The van der Waals surface area contributed by atoms with Crippen LogP contribution in [0.2, 0.25) is 0 Å². The van der Waals surface area contributed by atoms with Crippen molar-refractivity contribution in [3.05, 3.63) is 36.5 Å². The van der Waals surface area contributed by atoms with Gasteiger partial charge in [0, 0.05) is 42.4 Å². The molecular weight excluding hydrogens is 347 g/mol. The predicted molar refractivity (Wildman–Crippen MR) is 101 cm³/mol. The molecule has 8 heteroatoms. The van der Waals surface area contributed by atoms with E-state index in [1.807, 2.05) is 12.1 Å². The first-order valence-electron chi connectivity index (χ1n) is 9.10. The Morgan fingerprint density at radius 3 is 2.89 bits per heavy atom. The number of nitrogens with one attached hydrogen (secondary N) is 3. The van der Waals surface area contributed by atoms with Crippen LogP contribution in [-0.2, 0) is 4.79 Å². The number of H-pyrrole nitrogens is 1. The molecule has 2 atom stereocenters. The number of anilines is 1. The predicted octanol–water partition coefficient (Wildman–Crippen LogP) is 3.02. The molecule has 0 saturated heterocycles. The lowest BCUT2D eigenvalue weighted by molar-refractivity contribution is -0.119. The number of pyridine rings is 1. The van der Waals surface area contributed by atoms with Gasteiger partial charge in [-0.3, -0.25) is 4.79 Å². The standard InChI is InChI=1S/C19H21FN6O/c1-11(27)24-15-6-2-3-7-16(15)25-19-14(20)10-23-18(26-19)13-9-22-17-12(13)5-4-8-21-17/h4-5,8-10,15-16H,2-3,6-7H2,1H3,(H,21,22)(H,24,27)(H,23,25,26)/t15?,16-/m1/s1. The second kappa shape index (κ2) is 7.30. The number of carbonyl (C=O) groups excluding carboxylic acids is 1. The molecule has 1 fully saturated rings. The van der Waals surface area contributed by atoms with E-state index >= 15 is 0 Å². The third-order valence-electron chi connectivity index (χ3n) is 4.91. The van der Waals surface area contributed by atoms with E-state index in [1.165, 1.54) is 13.1 Å². The van der Waals surface area contributed by atoms with Gasteiger partial charge in [-0.25, -0.2) is 19.3 Å². The number of halogens is 1. The summed E-state index contributed by atoms with van der Waals surface area (Å²) in [4.78, 5) is 27.4. The van der Waals surface area contributed by atoms with Crippen molar-refractivity contribution in [2.75, 3.05) is 5.32 Å². The minimum atomic E-state index is -0.510. The number of rotatable bonds is 4. The molecule has 1 amide bonds. The average molecular weight is 368 g/mol. The van der Waals surface area contributed by atoms with E-state index in [1.54, 1.807) is 12.4 Å². The number of aromatic amines is 1. The first kappa shape index (κ1) is 17.4. The van der Waals surface area contributed by atoms with Gasteiger partial charge >= 0.3 is 0 Å². The summed E-state index contributed by atoms with van der Waals surface area (Å²) in [5.74, 6) is -0.0155. The number of nitrogens with zero attached hydrogens (tertiary/aromatic N) is 3. The van der Waals surface area contributed by atoms with Crippen molar-refractivity contribution in [1.82, 2.24) is 25.3 Å². The first-order valence-corrected chi connectivity index (χ1v) is 9.10. The van der Waals surface area contributed by atoms with Crippen molar-refractivity contribution in [1.29, 1.82) is 0 Å². The van der Waals surface area contributed by atoms with Crippen LogP contribution in [0.5, 0.6) is 0 Å². The molecule has 4 rings (SSSR count). The van der Waals surface area contributed by atoms with Gasteiger partial charge in [-0.1, -0.05) is 12.8 Å². The van der Waals surface area contributed by atoms with E-state index < -0.39 is 5.82 Å². The molecule has 27 heavy (non-hydrogen) atoms. The van der Waals surface area contributed by atoms with Gasteiger partial charge in [-0.05, 0) is 25.0 Å². The summed E-state index contributed by atoms with van der Waals surface area (Å²) in [7, 11) is 0. The molecule has 0 bridgehead atoms. The lowest BCUT2D eigenvalue weighted by atomic mass is 9.90. The summed E-state index contributed by atoms with van der Waals surface area (Å²) in [6.45, 7) is 1.50. The number of amides is 1. The van der Waals surface area contributed by atoms with Gasteiger partial charge < -0.3 is 15.6 Å². The van der Waals surface area contributed by atoms with Gasteiger partial charge in [0.15, 0.2) is 17.5 Å². The van der Waals surface area contributed by atoms with Crippen LogP contribution in [0.15, 0.2) is 30.7 Å². The molecule has 0 aromatic carbocycles. The molecule has 1 aliphatic carbocycles. The van der Waals surface area contributed by atoms with E-state index in [4.69, 9.17) is 0 Å². The Bertz CT molecular complexity index is 972. The molecule has 3 heterocycles. The zero-order chi connectivity index (χ0) is 18.8. The highest BCUT2D eigenvalue weighted by Crippen LogP contribution is 2.27. The topological polar surface area (TPSA) is 95.6 Å². The fourth-order valence-electron chi connectivity index (χ4n) is 3.65. The Kier molecular flexibility index (Phi) is 4.70. The molecule has 1 unspecified atom stereocenters. The molecule has 140 valence electrons. The molecule has 0 aliphatic heterocycles. The molecule has 3 aromatic rings. The quantitative estimate of drug-likeness (QED) is 0.658. The number of aromatic nitrogens is 4. The third kappa shape index (κ3) is 3.60. The smallest absolute Gasteiger partial charge is 0.217 e. The second-order valence-corrected chi connectivity index (χ2v) is 6.83. The zero-order valence-corrected chi connectivity index (χ0v) is 15.0. The minimum absolute atomic E-state index is 0.0358. The maximum atomic E-state index is 14.4. The second-order valence-electron chi connectivity index (χ2n) is 6.83. The van der Waals surface area contributed by atoms with Crippen molar-refractivity contribution in [2.24, 2.45) is 0 Å². The number of carbonyl (C=O) groups is 1. The maximum Gasteiger partial charge on any atom is 0.217 e. The molecule has 7 nitrogen and oxygen atoms in total. The Hall–Kier alpha value is -3.03. The van der Waals surface area contributed by atoms with E-state index in [9.17, 15) is 9.18 Å². The van der Waals surface area contributed by atoms with Crippen LogP contribution in [0.1, 0.15) is 32.6 Å². The van der Waals surface area contributed by atoms with Gasteiger partial charge in [0.1, 0.15) is 5.65 Å². The SMILES string of the molecule is CC(=O)NC1CCCC[C@H]1Nc1nc(-c2c[nH]c3ncccc23)ncc1F. The molecule has 0 spiro atoms. The zero-order valence-electron chi connectivity index (χ0n) is 15.0. The van der Waals surface area contributed by atoms with E-state index in [0.29, 0.717) is 5.82 Å². The van der Waals surface area contributed by atoms with Crippen LogP contribution in [0.4, 0.5) is 10.2 Å². The maximum absolute atomic E-state index is 14.4. The number of hydrogen-bond donors (Lipinski definition) is 3. The molecule has 1 aliphatic rings. The summed E-state index contributed by atoms with van der Waals surface area (Å²) in [6, 6.07) is 3.65. The van der Waals surface area contributed by atoms with Crippen molar-refractivity contribution in [3.8, 4) is 11.4 Å². The van der Waals surface area contributed by atoms with Crippen molar-refractivity contribution in [3.63, 3.8) is 0 Å². The van der Waals surface area contributed by atoms with Crippen LogP contribution in [-0.4, -0.2) is 37.9 Å². The fraction of sp³-hybridized carbons (Fsp3) is 0.368. The average Bonchev–Trinajstić information content (AvgIpc) is 3.09. The highest BCUT2D eigenvalue weighted by molar-refractivity contribution is 5.91. The molecular formula is C19H21FN6O. The molecule has 3 aromatic heterocycles. The Morgan fingerprint density at radius 1 is 1.26 bits per heavy atom. The van der Waals surface area contributed by atoms with Gasteiger partial charge in [0.25, 0.3) is 0 Å². The largest absolute Gasteiger partial charge is 0.363 e. The van der Waals surface area contributed by atoms with E-state index in [0.717, 1.165) is 42.3 Å². The summed E-state index contributed by atoms with van der Waals surface area (Å²) >= 11 is 0. The number of fused-ring (bicyclic) bond motifs is 1. The summed E-state index contributed by atoms with van der Waals surface area (Å²) in [5, 5.41) is 7.02. The van der Waals surface area contributed by atoms with Crippen molar-refractivity contribution >= 4 is 22.8 Å². The van der Waals surface area contributed by atoms with E-state index in [2.05, 4.69) is 30.6 Å². The van der Waals surface area contributed by atoms with Gasteiger partial charge in [0.05, 0.1) is 6.20 Å².